The number of alkyl halides is 3. The molecule has 1 saturated heterocycles. The monoisotopic (exact) mass is 335 g/mol. The smallest absolute Gasteiger partial charge is 0.355 e. The van der Waals surface area contributed by atoms with Crippen molar-refractivity contribution in [1.82, 2.24) is 24.6 Å². The standard InChI is InChI=1S/C13H20F3N5O2/c1-3-17-10(22)8-20-6-4-9(5-7-20)21-12(23)19(2)11(18-21)13(14,15)16/h9H,3-8H2,1-2H3,(H,17,22). The summed E-state index contributed by atoms with van der Waals surface area (Å²) in [6, 6.07) is -0.379. The molecular weight excluding hydrogens is 315 g/mol. The number of rotatable bonds is 4. The van der Waals surface area contributed by atoms with E-state index in [-0.39, 0.29) is 18.5 Å². The highest BCUT2D eigenvalue weighted by Crippen LogP contribution is 2.27. The molecule has 0 aliphatic carbocycles. The summed E-state index contributed by atoms with van der Waals surface area (Å²) in [5.74, 6) is -1.27. The van der Waals surface area contributed by atoms with E-state index in [1.54, 1.807) is 0 Å². The highest BCUT2D eigenvalue weighted by atomic mass is 19.4. The Hall–Kier alpha value is -1.84. The third-order valence-corrected chi connectivity index (χ3v) is 3.90. The number of halogens is 3. The molecule has 2 heterocycles. The van der Waals surface area contributed by atoms with Crippen molar-refractivity contribution in [3.8, 4) is 0 Å². The number of carbonyl (C=O) groups excluding carboxylic acids is 1. The van der Waals surface area contributed by atoms with Gasteiger partial charge in [0.2, 0.25) is 11.7 Å². The van der Waals surface area contributed by atoms with Crippen LogP contribution in [0.4, 0.5) is 13.2 Å². The first-order valence-electron chi connectivity index (χ1n) is 7.45. The van der Waals surface area contributed by atoms with Gasteiger partial charge in [-0.2, -0.15) is 13.2 Å². The quantitative estimate of drug-likeness (QED) is 0.863. The van der Waals surface area contributed by atoms with Crippen LogP contribution in [0.25, 0.3) is 0 Å². The second kappa shape index (κ2) is 6.73. The van der Waals surface area contributed by atoms with Gasteiger partial charge >= 0.3 is 11.9 Å². The van der Waals surface area contributed by atoms with Crippen molar-refractivity contribution in [1.29, 1.82) is 0 Å². The number of carbonyl (C=O) groups is 1. The van der Waals surface area contributed by atoms with Gasteiger partial charge in [-0.05, 0) is 19.8 Å². The van der Waals surface area contributed by atoms with Crippen LogP contribution in [0.3, 0.4) is 0 Å². The summed E-state index contributed by atoms with van der Waals surface area (Å²) in [4.78, 5) is 25.4. The molecular formula is C13H20F3N5O2. The second-order valence-electron chi connectivity index (χ2n) is 5.57. The maximum absolute atomic E-state index is 12.8. The zero-order valence-corrected chi connectivity index (χ0v) is 13.1. The fraction of sp³-hybridized carbons (Fsp3) is 0.769. The third-order valence-electron chi connectivity index (χ3n) is 3.90. The van der Waals surface area contributed by atoms with Crippen molar-refractivity contribution >= 4 is 5.91 Å². The number of likely N-dealkylation sites (N-methyl/N-ethyl adjacent to an activating group) is 1. The largest absolute Gasteiger partial charge is 0.451 e. The predicted octanol–water partition coefficient (Wildman–Crippen LogP) is 0.374. The molecule has 1 N–H and O–H groups in total. The first-order chi connectivity index (χ1) is 10.7. The van der Waals surface area contributed by atoms with Crippen molar-refractivity contribution < 1.29 is 18.0 Å². The third kappa shape index (κ3) is 3.92. The van der Waals surface area contributed by atoms with Gasteiger partial charge in [0.05, 0.1) is 12.6 Å². The van der Waals surface area contributed by atoms with Crippen LogP contribution in [0, 0.1) is 0 Å². The zero-order valence-electron chi connectivity index (χ0n) is 13.1. The number of hydrogen-bond donors (Lipinski definition) is 1. The highest BCUT2D eigenvalue weighted by molar-refractivity contribution is 5.77. The molecule has 1 aromatic heterocycles. The van der Waals surface area contributed by atoms with Gasteiger partial charge in [0.25, 0.3) is 0 Å². The number of likely N-dealkylation sites (tertiary alicyclic amines) is 1. The molecule has 1 fully saturated rings. The molecule has 2 rings (SSSR count). The number of hydrogen-bond acceptors (Lipinski definition) is 4. The van der Waals surface area contributed by atoms with E-state index in [2.05, 4.69) is 10.4 Å². The van der Waals surface area contributed by atoms with E-state index < -0.39 is 17.7 Å². The first kappa shape index (κ1) is 17.5. The van der Waals surface area contributed by atoms with E-state index >= 15 is 0 Å². The average Bonchev–Trinajstić information content (AvgIpc) is 2.76. The van der Waals surface area contributed by atoms with E-state index in [0.29, 0.717) is 37.0 Å². The molecule has 0 bridgehead atoms. The van der Waals surface area contributed by atoms with Crippen molar-refractivity contribution in [3.05, 3.63) is 16.3 Å². The Bertz CT molecular complexity index is 614. The Morgan fingerprint density at radius 3 is 2.43 bits per heavy atom. The Balaban J connectivity index is 2.04. The maximum Gasteiger partial charge on any atom is 0.451 e. The first-order valence-corrected chi connectivity index (χ1v) is 7.45. The van der Waals surface area contributed by atoms with Crippen LogP contribution < -0.4 is 11.0 Å². The van der Waals surface area contributed by atoms with Crippen LogP contribution in [0.15, 0.2) is 4.79 Å². The van der Waals surface area contributed by atoms with Crippen molar-refractivity contribution in [3.63, 3.8) is 0 Å². The van der Waals surface area contributed by atoms with Gasteiger partial charge in [0, 0.05) is 26.7 Å². The molecule has 1 aliphatic rings. The van der Waals surface area contributed by atoms with Crippen LogP contribution >= 0.6 is 0 Å². The van der Waals surface area contributed by atoms with E-state index in [4.69, 9.17) is 0 Å². The summed E-state index contributed by atoms with van der Waals surface area (Å²) in [7, 11) is 1.07. The number of nitrogens with zero attached hydrogens (tertiary/aromatic N) is 4. The lowest BCUT2D eigenvalue weighted by molar-refractivity contribution is -0.147. The van der Waals surface area contributed by atoms with Crippen LogP contribution in [0.5, 0.6) is 0 Å². The predicted molar refractivity (Wildman–Crippen MR) is 75.9 cm³/mol. The summed E-state index contributed by atoms with van der Waals surface area (Å²) >= 11 is 0. The maximum atomic E-state index is 12.8. The zero-order chi connectivity index (χ0) is 17.2. The molecule has 0 unspecified atom stereocenters. The van der Waals surface area contributed by atoms with Gasteiger partial charge in [-0.15, -0.1) is 5.10 Å². The van der Waals surface area contributed by atoms with Gasteiger partial charge in [-0.3, -0.25) is 14.3 Å². The topological polar surface area (TPSA) is 72.2 Å². The molecule has 0 radical (unpaired) electrons. The molecule has 1 amide bonds. The molecule has 7 nitrogen and oxygen atoms in total. The molecule has 1 aliphatic heterocycles. The van der Waals surface area contributed by atoms with Gasteiger partial charge in [0.1, 0.15) is 0 Å². The Morgan fingerprint density at radius 1 is 1.35 bits per heavy atom. The SMILES string of the molecule is CCNC(=O)CN1CCC(n2nc(C(F)(F)F)n(C)c2=O)CC1. The molecule has 0 spiro atoms. The van der Waals surface area contributed by atoms with Gasteiger partial charge < -0.3 is 5.32 Å². The van der Waals surface area contributed by atoms with Crippen LogP contribution in [-0.4, -0.2) is 51.3 Å². The van der Waals surface area contributed by atoms with E-state index in [9.17, 15) is 22.8 Å². The molecule has 1 aromatic rings. The minimum Gasteiger partial charge on any atom is -0.355 e. The van der Waals surface area contributed by atoms with Crippen molar-refractivity contribution in [2.45, 2.75) is 32.0 Å². The number of aromatic nitrogens is 3. The molecule has 0 saturated carbocycles. The van der Waals surface area contributed by atoms with Gasteiger partial charge in [-0.25, -0.2) is 9.48 Å². The molecule has 0 atom stereocenters. The lowest BCUT2D eigenvalue weighted by Gasteiger charge is -2.30. The lowest BCUT2D eigenvalue weighted by Crippen LogP contribution is -2.43. The lowest BCUT2D eigenvalue weighted by atomic mass is 10.1. The van der Waals surface area contributed by atoms with Gasteiger partial charge in [-0.1, -0.05) is 0 Å². The Kier molecular flexibility index (Phi) is 5.12. The number of piperidine rings is 1. The van der Waals surface area contributed by atoms with Crippen molar-refractivity contribution in [2.75, 3.05) is 26.2 Å². The molecule has 10 heteroatoms. The molecule has 0 aromatic carbocycles. The number of amides is 1. The Morgan fingerprint density at radius 2 is 1.96 bits per heavy atom. The summed E-state index contributed by atoms with van der Waals surface area (Å²) in [6.45, 7) is 3.71. The van der Waals surface area contributed by atoms with Crippen LogP contribution in [0.1, 0.15) is 31.6 Å². The fourth-order valence-corrected chi connectivity index (χ4v) is 2.72. The molecule has 23 heavy (non-hydrogen) atoms. The van der Waals surface area contributed by atoms with E-state index in [1.165, 1.54) is 0 Å². The highest BCUT2D eigenvalue weighted by Gasteiger charge is 2.39. The fourth-order valence-electron chi connectivity index (χ4n) is 2.72. The average molecular weight is 335 g/mol. The minimum atomic E-state index is -4.65. The normalized spacial score (nSPS) is 17.4. The number of nitrogens with one attached hydrogen (secondary N) is 1. The second-order valence-corrected chi connectivity index (χ2v) is 5.57. The summed E-state index contributed by atoms with van der Waals surface area (Å²) in [5, 5.41) is 6.16. The minimum absolute atomic E-state index is 0.0830. The Labute approximate surface area is 131 Å². The summed E-state index contributed by atoms with van der Waals surface area (Å²) < 4.78 is 39.8. The van der Waals surface area contributed by atoms with Crippen LogP contribution in [0.2, 0.25) is 0 Å². The molecule has 130 valence electrons. The summed E-state index contributed by atoms with van der Waals surface area (Å²) in [6.07, 6.45) is -3.70. The van der Waals surface area contributed by atoms with E-state index in [1.807, 2.05) is 11.8 Å². The van der Waals surface area contributed by atoms with Crippen molar-refractivity contribution in [2.24, 2.45) is 7.05 Å². The van der Waals surface area contributed by atoms with Crippen LogP contribution in [-0.2, 0) is 18.0 Å². The van der Waals surface area contributed by atoms with Gasteiger partial charge in [0.15, 0.2) is 0 Å². The summed E-state index contributed by atoms with van der Waals surface area (Å²) in [5.41, 5.74) is -0.764. The van der Waals surface area contributed by atoms with E-state index in [0.717, 1.165) is 11.7 Å².